The number of rotatable bonds is 2. The summed E-state index contributed by atoms with van der Waals surface area (Å²) in [5.41, 5.74) is 2.25. The Labute approximate surface area is 152 Å². The van der Waals surface area contributed by atoms with Crippen molar-refractivity contribution in [2.24, 2.45) is 0 Å². The number of nitrogens with zero attached hydrogens (tertiary/aromatic N) is 2. The van der Waals surface area contributed by atoms with Gasteiger partial charge in [-0.1, -0.05) is 17.7 Å². The van der Waals surface area contributed by atoms with Gasteiger partial charge in [-0.3, -0.25) is 14.9 Å². The summed E-state index contributed by atoms with van der Waals surface area (Å²) in [4.78, 5) is 26.6. The molecule has 2 aliphatic heterocycles. The number of halogens is 1. The minimum atomic E-state index is -0.526. The number of carbonyl (C=O) groups is 1. The van der Waals surface area contributed by atoms with E-state index in [0.717, 1.165) is 30.1 Å². The Morgan fingerprint density at radius 2 is 2.20 bits per heavy atom. The van der Waals surface area contributed by atoms with Gasteiger partial charge in [-0.05, 0) is 25.1 Å². The number of nitrogens with one attached hydrogen (secondary N) is 2. The minimum absolute atomic E-state index is 0.0752. The summed E-state index contributed by atoms with van der Waals surface area (Å²) in [6.45, 7) is 1.76. The molecule has 1 aromatic heterocycles. The van der Waals surface area contributed by atoms with Crippen LogP contribution in [-0.4, -0.2) is 29.3 Å². The molecule has 0 fully saturated rings. The van der Waals surface area contributed by atoms with Crippen LogP contribution in [0, 0.1) is 10.1 Å². The van der Waals surface area contributed by atoms with Crippen molar-refractivity contribution in [1.29, 1.82) is 0 Å². The first-order valence-electron chi connectivity index (χ1n) is 7.78. The predicted octanol–water partition coefficient (Wildman–Crippen LogP) is 3.15. The van der Waals surface area contributed by atoms with Gasteiger partial charge in [-0.25, -0.2) is 0 Å². The van der Waals surface area contributed by atoms with E-state index in [1.165, 1.54) is 17.0 Å². The van der Waals surface area contributed by atoms with E-state index in [9.17, 15) is 14.9 Å². The number of benzene rings is 1. The minimum Gasteiger partial charge on any atom is -0.353 e. The number of thiophene rings is 1. The van der Waals surface area contributed by atoms with Crippen LogP contribution in [0.2, 0.25) is 5.02 Å². The van der Waals surface area contributed by atoms with Gasteiger partial charge >= 0.3 is 0 Å². The van der Waals surface area contributed by atoms with E-state index < -0.39 is 11.1 Å². The van der Waals surface area contributed by atoms with Crippen LogP contribution in [0.5, 0.6) is 0 Å². The topological polar surface area (TPSA) is 87.5 Å². The van der Waals surface area contributed by atoms with Gasteiger partial charge in [0.25, 0.3) is 11.6 Å². The summed E-state index contributed by atoms with van der Waals surface area (Å²) in [5.74, 6) is -0.140. The van der Waals surface area contributed by atoms with Gasteiger partial charge in [-0.2, -0.15) is 0 Å². The lowest BCUT2D eigenvalue weighted by Gasteiger charge is -2.27. The van der Waals surface area contributed by atoms with Gasteiger partial charge < -0.3 is 15.5 Å². The molecular formula is C16H15ClN4O3S. The summed E-state index contributed by atoms with van der Waals surface area (Å²) >= 11 is 7.45. The number of hydrogen-bond acceptors (Lipinski definition) is 6. The highest BCUT2D eigenvalue weighted by Crippen LogP contribution is 2.41. The van der Waals surface area contributed by atoms with Crippen molar-refractivity contribution in [1.82, 2.24) is 10.2 Å². The molecule has 0 bridgehead atoms. The van der Waals surface area contributed by atoms with Crippen LogP contribution in [0.15, 0.2) is 18.2 Å². The second kappa shape index (κ2) is 5.98. The Kier molecular flexibility index (Phi) is 3.90. The Bertz CT molecular complexity index is 898. The highest BCUT2D eigenvalue weighted by atomic mass is 35.5. The molecule has 2 N–H and O–H groups in total. The maximum absolute atomic E-state index is 12.7. The lowest BCUT2D eigenvalue weighted by Crippen LogP contribution is -2.38. The molecule has 130 valence electrons. The highest BCUT2D eigenvalue weighted by molar-refractivity contribution is 7.16. The van der Waals surface area contributed by atoms with E-state index in [1.807, 2.05) is 0 Å². The summed E-state index contributed by atoms with van der Waals surface area (Å²) in [6.07, 6.45) is 0.331. The first-order valence-corrected chi connectivity index (χ1v) is 8.98. The zero-order valence-corrected chi connectivity index (χ0v) is 14.9. The number of nitro groups is 1. The van der Waals surface area contributed by atoms with Gasteiger partial charge in [0.15, 0.2) is 0 Å². The molecule has 9 heteroatoms. The third-order valence-electron chi connectivity index (χ3n) is 4.53. The summed E-state index contributed by atoms with van der Waals surface area (Å²) in [6, 6.07) is 4.55. The quantitative estimate of drug-likeness (QED) is 0.619. The molecule has 0 spiro atoms. The number of fused-ring (bicyclic) bond motifs is 3. The van der Waals surface area contributed by atoms with E-state index >= 15 is 0 Å². The lowest BCUT2D eigenvalue weighted by molar-refractivity contribution is -0.384. The first kappa shape index (κ1) is 16.3. The fraction of sp³-hybridized carbons (Fsp3) is 0.312. The molecule has 0 radical (unpaired) electrons. The fourth-order valence-corrected chi connectivity index (χ4v) is 4.80. The van der Waals surface area contributed by atoms with E-state index in [1.54, 1.807) is 17.4 Å². The van der Waals surface area contributed by atoms with E-state index in [0.29, 0.717) is 11.1 Å². The summed E-state index contributed by atoms with van der Waals surface area (Å²) in [5, 5.41) is 18.2. The maximum Gasteiger partial charge on any atom is 0.288 e. The first-order chi connectivity index (χ1) is 11.9. The monoisotopic (exact) mass is 378 g/mol. The van der Waals surface area contributed by atoms with Crippen LogP contribution in [0.3, 0.4) is 0 Å². The van der Waals surface area contributed by atoms with Crippen LogP contribution in [0.1, 0.15) is 32.5 Å². The molecule has 4 rings (SSSR count). The van der Waals surface area contributed by atoms with Crippen LogP contribution in [-0.2, 0) is 13.0 Å². The normalized spacial score (nSPS) is 19.6. The molecule has 2 aliphatic rings. The number of likely N-dealkylation sites (N-methyl/N-ethyl adjacent to an activating group) is 1. The summed E-state index contributed by atoms with van der Waals surface area (Å²) < 4.78 is 0. The third-order valence-corrected chi connectivity index (χ3v) is 5.99. The molecule has 0 aliphatic carbocycles. The molecule has 25 heavy (non-hydrogen) atoms. The Morgan fingerprint density at radius 3 is 2.96 bits per heavy atom. The predicted molar refractivity (Wildman–Crippen MR) is 96.3 cm³/mol. The maximum atomic E-state index is 12.7. The standard InChI is InChI=1S/C16H15ClN4O3S/c1-20-5-4-9-12(7-20)25-16-13(9)15(22)18-14(19-16)8-2-3-10(17)11(6-8)21(23)24/h2-3,6,14,19H,4-5,7H2,1H3,(H,18,22)/t14-/m1/s1. The van der Waals surface area contributed by atoms with Crippen molar-refractivity contribution in [2.45, 2.75) is 19.1 Å². The Morgan fingerprint density at radius 1 is 1.40 bits per heavy atom. The van der Waals surface area contributed by atoms with E-state index in [4.69, 9.17) is 11.6 Å². The number of carbonyl (C=O) groups excluding carboxylic acids is 1. The Balaban J connectivity index is 1.69. The van der Waals surface area contributed by atoms with Crippen molar-refractivity contribution in [2.75, 3.05) is 18.9 Å². The second-order valence-corrected chi connectivity index (χ2v) is 7.73. The van der Waals surface area contributed by atoms with Gasteiger partial charge in [-0.15, -0.1) is 11.3 Å². The van der Waals surface area contributed by atoms with Gasteiger partial charge in [0.05, 0.1) is 10.5 Å². The smallest absolute Gasteiger partial charge is 0.288 e. The van der Waals surface area contributed by atoms with Crippen molar-refractivity contribution >= 4 is 39.5 Å². The van der Waals surface area contributed by atoms with Crippen LogP contribution >= 0.6 is 22.9 Å². The van der Waals surface area contributed by atoms with Crippen LogP contribution < -0.4 is 10.6 Å². The molecular weight excluding hydrogens is 364 g/mol. The molecule has 3 heterocycles. The second-order valence-electron chi connectivity index (χ2n) is 6.21. The summed E-state index contributed by atoms with van der Waals surface area (Å²) in [7, 11) is 2.06. The molecule has 1 aromatic carbocycles. The SMILES string of the molecule is CN1CCc2c(sc3c2C(=O)N[C@@H](c2ccc(Cl)c([N+](=O)[O-])c2)N3)C1. The Hall–Kier alpha value is -2.16. The molecule has 0 saturated heterocycles. The van der Waals surface area contributed by atoms with E-state index in [-0.39, 0.29) is 16.6 Å². The molecule has 7 nitrogen and oxygen atoms in total. The average Bonchev–Trinajstić information content (AvgIpc) is 2.92. The molecule has 0 saturated carbocycles. The number of nitro benzene ring substituents is 1. The average molecular weight is 379 g/mol. The van der Waals surface area contributed by atoms with Crippen molar-refractivity contribution in [3.8, 4) is 0 Å². The van der Waals surface area contributed by atoms with Crippen molar-refractivity contribution in [3.05, 3.63) is 54.9 Å². The van der Waals surface area contributed by atoms with Gasteiger partial charge in [0.1, 0.15) is 16.2 Å². The zero-order valence-electron chi connectivity index (χ0n) is 13.3. The van der Waals surface area contributed by atoms with Crippen LogP contribution in [0.4, 0.5) is 10.7 Å². The van der Waals surface area contributed by atoms with Crippen molar-refractivity contribution in [3.63, 3.8) is 0 Å². The third kappa shape index (κ3) is 2.76. The molecule has 0 unspecified atom stereocenters. The zero-order chi connectivity index (χ0) is 17.7. The van der Waals surface area contributed by atoms with Crippen molar-refractivity contribution < 1.29 is 9.72 Å². The fourth-order valence-electron chi connectivity index (χ4n) is 3.26. The largest absolute Gasteiger partial charge is 0.353 e. The van der Waals surface area contributed by atoms with E-state index in [2.05, 4.69) is 22.6 Å². The molecule has 2 aromatic rings. The number of amides is 1. The van der Waals surface area contributed by atoms with Crippen LogP contribution in [0.25, 0.3) is 0 Å². The van der Waals surface area contributed by atoms with Gasteiger partial charge in [0.2, 0.25) is 0 Å². The molecule has 1 atom stereocenters. The lowest BCUT2D eigenvalue weighted by atomic mass is 10.0. The van der Waals surface area contributed by atoms with Gasteiger partial charge in [0, 0.05) is 29.6 Å². The highest BCUT2D eigenvalue weighted by Gasteiger charge is 2.33. The number of hydrogen-bond donors (Lipinski definition) is 2. The number of anilines is 1. The molecule has 1 amide bonds.